The third kappa shape index (κ3) is 3.75. The Balaban J connectivity index is 1.82. The van der Waals surface area contributed by atoms with Gasteiger partial charge >= 0.3 is 0 Å². The monoisotopic (exact) mass is 439 g/mol. The van der Waals surface area contributed by atoms with Gasteiger partial charge in [0.2, 0.25) is 0 Å². The number of methoxy groups -OCH3 is 1. The molecule has 3 aromatic carbocycles. The number of hydrazone groups is 1. The number of halogens is 2. The summed E-state index contributed by atoms with van der Waals surface area (Å²) >= 11 is 9.58. The van der Waals surface area contributed by atoms with Gasteiger partial charge in [0.1, 0.15) is 11.5 Å². The molecule has 4 rings (SSSR count). The van der Waals surface area contributed by atoms with Crippen molar-refractivity contribution in [3.05, 3.63) is 92.9 Å². The van der Waals surface area contributed by atoms with Gasteiger partial charge in [-0.3, -0.25) is 5.43 Å². The van der Waals surface area contributed by atoms with E-state index in [2.05, 4.69) is 26.5 Å². The van der Waals surface area contributed by atoms with E-state index in [1.54, 1.807) is 7.11 Å². The van der Waals surface area contributed by atoms with Crippen molar-refractivity contribution in [2.24, 2.45) is 10.1 Å². The van der Waals surface area contributed by atoms with E-state index < -0.39 is 0 Å². The van der Waals surface area contributed by atoms with E-state index in [-0.39, 0.29) is 0 Å². The molecule has 134 valence electrons. The zero-order valence-corrected chi connectivity index (χ0v) is 16.8. The number of ether oxygens (including phenoxy) is 1. The summed E-state index contributed by atoms with van der Waals surface area (Å²) in [5, 5.41) is 5.33. The predicted octanol–water partition coefficient (Wildman–Crippen LogP) is 5.55. The van der Waals surface area contributed by atoms with Crippen LogP contribution in [-0.4, -0.2) is 18.7 Å². The maximum Gasteiger partial charge on any atom is 0.154 e. The quantitative estimate of drug-likeness (QED) is 0.581. The van der Waals surface area contributed by atoms with Crippen molar-refractivity contribution in [1.29, 1.82) is 0 Å². The van der Waals surface area contributed by atoms with Crippen molar-refractivity contribution in [2.45, 2.75) is 0 Å². The van der Waals surface area contributed by atoms with Crippen molar-refractivity contribution in [2.75, 3.05) is 7.11 Å². The highest BCUT2D eigenvalue weighted by molar-refractivity contribution is 9.10. The highest BCUT2D eigenvalue weighted by Crippen LogP contribution is 2.29. The largest absolute Gasteiger partial charge is 0.497 e. The molecule has 4 nitrogen and oxygen atoms in total. The number of rotatable bonds is 3. The molecule has 0 saturated heterocycles. The first-order valence-corrected chi connectivity index (χ1v) is 9.44. The van der Waals surface area contributed by atoms with Gasteiger partial charge in [-0.2, -0.15) is 5.10 Å². The van der Waals surface area contributed by atoms with Crippen LogP contribution in [0, 0.1) is 0 Å². The minimum Gasteiger partial charge on any atom is -0.497 e. The van der Waals surface area contributed by atoms with Crippen molar-refractivity contribution < 1.29 is 4.74 Å². The number of nitrogens with zero attached hydrogens (tertiary/aromatic N) is 2. The summed E-state index contributed by atoms with van der Waals surface area (Å²) in [7, 11) is 1.65. The van der Waals surface area contributed by atoms with Crippen LogP contribution in [0.4, 0.5) is 5.69 Å². The van der Waals surface area contributed by atoms with Crippen LogP contribution in [0.25, 0.3) is 0 Å². The Kier molecular flexibility index (Phi) is 4.97. The van der Waals surface area contributed by atoms with Gasteiger partial charge < -0.3 is 4.74 Å². The Morgan fingerprint density at radius 1 is 0.926 bits per heavy atom. The molecule has 0 aromatic heterocycles. The first-order valence-electron chi connectivity index (χ1n) is 8.27. The van der Waals surface area contributed by atoms with Gasteiger partial charge in [-0.05, 0) is 54.6 Å². The Bertz CT molecular complexity index is 1040. The summed E-state index contributed by atoms with van der Waals surface area (Å²) in [6, 6.07) is 21.3. The first-order chi connectivity index (χ1) is 13.1. The molecule has 0 aliphatic carbocycles. The molecule has 1 heterocycles. The highest BCUT2D eigenvalue weighted by Gasteiger charge is 2.17. The molecular weight excluding hydrogens is 426 g/mol. The van der Waals surface area contributed by atoms with Gasteiger partial charge in [-0.1, -0.05) is 39.7 Å². The van der Waals surface area contributed by atoms with Crippen molar-refractivity contribution >= 4 is 44.8 Å². The standard InChI is InChI=1S/C21H15BrClN3O/c1-27-17-9-4-14(5-10-17)21-24-19-11-6-15(22)12-18(19)20(25-26-21)13-2-7-16(23)8-3-13/h2-12H,1H3,(H,24,26). The van der Waals surface area contributed by atoms with Crippen molar-refractivity contribution in [1.82, 2.24) is 5.43 Å². The van der Waals surface area contributed by atoms with Crippen LogP contribution in [0.3, 0.4) is 0 Å². The van der Waals surface area contributed by atoms with E-state index >= 15 is 0 Å². The molecule has 0 spiro atoms. The predicted molar refractivity (Wildman–Crippen MR) is 114 cm³/mol. The average molecular weight is 441 g/mol. The topological polar surface area (TPSA) is 46.0 Å². The second-order valence-corrected chi connectivity index (χ2v) is 7.28. The Hall–Kier alpha value is -2.63. The molecule has 0 radical (unpaired) electrons. The Labute approximate surface area is 170 Å². The lowest BCUT2D eigenvalue weighted by atomic mass is 10.0. The number of benzene rings is 3. The molecule has 1 N–H and O–H groups in total. The van der Waals surface area contributed by atoms with E-state index in [0.29, 0.717) is 10.9 Å². The molecule has 1 aliphatic rings. The van der Waals surface area contributed by atoms with Crippen molar-refractivity contribution in [3.63, 3.8) is 0 Å². The molecule has 0 amide bonds. The number of nitrogens with one attached hydrogen (secondary N) is 1. The molecule has 0 fully saturated rings. The van der Waals surface area contributed by atoms with Gasteiger partial charge in [-0.15, -0.1) is 0 Å². The molecule has 0 unspecified atom stereocenters. The van der Waals surface area contributed by atoms with Crippen LogP contribution in [0.15, 0.2) is 81.3 Å². The van der Waals surface area contributed by atoms with Crippen LogP contribution < -0.4 is 10.2 Å². The van der Waals surface area contributed by atoms with E-state index in [4.69, 9.17) is 21.3 Å². The molecule has 6 heteroatoms. The third-order valence-corrected chi connectivity index (χ3v) is 4.95. The Morgan fingerprint density at radius 2 is 1.63 bits per heavy atom. The third-order valence-electron chi connectivity index (χ3n) is 4.20. The number of hydrogen-bond acceptors (Lipinski definition) is 4. The minimum atomic E-state index is 0.671. The minimum absolute atomic E-state index is 0.671. The van der Waals surface area contributed by atoms with Gasteiger partial charge in [-0.25, -0.2) is 4.99 Å². The lowest BCUT2D eigenvalue weighted by Crippen LogP contribution is -2.19. The van der Waals surface area contributed by atoms with E-state index in [1.165, 1.54) is 0 Å². The maximum atomic E-state index is 6.04. The van der Waals surface area contributed by atoms with Crippen LogP contribution >= 0.6 is 27.5 Å². The molecular formula is C21H15BrClN3O. The second kappa shape index (κ2) is 7.55. The fourth-order valence-electron chi connectivity index (χ4n) is 2.82. The van der Waals surface area contributed by atoms with Gasteiger partial charge in [0.05, 0.1) is 12.8 Å². The Morgan fingerprint density at radius 3 is 2.33 bits per heavy atom. The fraction of sp³-hybridized carbons (Fsp3) is 0.0476. The lowest BCUT2D eigenvalue weighted by molar-refractivity contribution is 0.415. The van der Waals surface area contributed by atoms with Gasteiger partial charge in [0.25, 0.3) is 0 Å². The number of aliphatic imine (C=N–C) groups is 1. The summed E-state index contributed by atoms with van der Waals surface area (Å²) in [5.41, 5.74) is 7.56. The summed E-state index contributed by atoms with van der Waals surface area (Å²) in [4.78, 5) is 4.80. The first kappa shape index (κ1) is 17.8. The summed E-state index contributed by atoms with van der Waals surface area (Å²) in [5.74, 6) is 1.47. The molecule has 27 heavy (non-hydrogen) atoms. The highest BCUT2D eigenvalue weighted by atomic mass is 79.9. The number of amidine groups is 1. The smallest absolute Gasteiger partial charge is 0.154 e. The van der Waals surface area contributed by atoms with Crippen LogP contribution in [0.5, 0.6) is 5.75 Å². The second-order valence-electron chi connectivity index (χ2n) is 5.93. The van der Waals surface area contributed by atoms with Crippen LogP contribution in [-0.2, 0) is 0 Å². The zero-order valence-electron chi connectivity index (χ0n) is 14.4. The average Bonchev–Trinajstić information content (AvgIpc) is 2.88. The van der Waals surface area contributed by atoms with Crippen molar-refractivity contribution in [3.8, 4) is 5.75 Å². The van der Waals surface area contributed by atoms with Gasteiger partial charge in [0.15, 0.2) is 5.84 Å². The summed E-state index contributed by atoms with van der Waals surface area (Å²) in [6.07, 6.45) is 0. The van der Waals surface area contributed by atoms with Crippen LogP contribution in [0.1, 0.15) is 16.7 Å². The fourth-order valence-corrected chi connectivity index (χ4v) is 3.30. The summed E-state index contributed by atoms with van der Waals surface area (Å²) < 4.78 is 6.20. The summed E-state index contributed by atoms with van der Waals surface area (Å²) in [6.45, 7) is 0. The molecule has 0 bridgehead atoms. The molecule has 0 atom stereocenters. The molecule has 3 aromatic rings. The molecule has 0 saturated carbocycles. The van der Waals surface area contributed by atoms with E-state index in [1.807, 2.05) is 66.7 Å². The van der Waals surface area contributed by atoms with Gasteiger partial charge in [0, 0.05) is 26.2 Å². The van der Waals surface area contributed by atoms with Crippen LogP contribution in [0.2, 0.25) is 5.02 Å². The lowest BCUT2D eigenvalue weighted by Gasteiger charge is -2.08. The van der Waals surface area contributed by atoms with E-state index in [0.717, 1.165) is 38.3 Å². The zero-order chi connectivity index (χ0) is 18.8. The number of hydrogen-bond donors (Lipinski definition) is 1. The van der Waals surface area contributed by atoms with E-state index in [9.17, 15) is 0 Å². The normalized spacial score (nSPS) is 13.0. The SMILES string of the molecule is COc1ccc(C2=Nc3ccc(Br)cc3C(c3ccc(Cl)cc3)=NN2)cc1. The molecule has 1 aliphatic heterocycles. The maximum absolute atomic E-state index is 6.04. The number of fused-ring (bicyclic) bond motifs is 1.